The lowest BCUT2D eigenvalue weighted by Gasteiger charge is -2.40. The van der Waals surface area contributed by atoms with E-state index in [-0.39, 0.29) is 6.61 Å². The van der Waals surface area contributed by atoms with Gasteiger partial charge in [-0.25, -0.2) is 0 Å². The fraction of sp³-hybridized carbons (Fsp3) is 0.733. The van der Waals surface area contributed by atoms with Crippen LogP contribution < -0.4 is 0 Å². The highest BCUT2D eigenvalue weighted by Crippen LogP contribution is 2.38. The van der Waals surface area contributed by atoms with Crippen LogP contribution in [-0.2, 0) is 42.8 Å². The van der Waals surface area contributed by atoms with Gasteiger partial charge in [-0.3, -0.25) is 14.4 Å². The molecule has 25 heavy (non-hydrogen) atoms. The third kappa shape index (κ3) is 4.45. The Labute approximate surface area is 143 Å². The van der Waals surface area contributed by atoms with Gasteiger partial charge in [0.15, 0.2) is 24.6 Å². The summed E-state index contributed by atoms with van der Waals surface area (Å²) in [6, 6.07) is 1.83. The van der Waals surface area contributed by atoms with Crippen molar-refractivity contribution < 1.29 is 42.8 Å². The molecule has 0 N–H and O–H groups in total. The van der Waals surface area contributed by atoms with E-state index in [1.807, 2.05) is 6.07 Å². The number of rotatable bonds is 4. The molecule has 0 radical (unpaired) electrons. The molecule has 2 rings (SSSR count). The van der Waals surface area contributed by atoms with Crippen molar-refractivity contribution in [3.63, 3.8) is 0 Å². The second kappa shape index (κ2) is 7.35. The van der Waals surface area contributed by atoms with Crippen molar-refractivity contribution in [3.8, 4) is 6.07 Å². The average Bonchev–Trinajstić information content (AvgIpc) is 2.84. The largest absolute Gasteiger partial charge is 0.463 e. The molecule has 0 amide bonds. The summed E-state index contributed by atoms with van der Waals surface area (Å²) in [5.74, 6) is -3.49. The van der Waals surface area contributed by atoms with Crippen LogP contribution in [0.5, 0.6) is 0 Å². The zero-order valence-electron chi connectivity index (χ0n) is 14.2. The van der Waals surface area contributed by atoms with Gasteiger partial charge in [0.2, 0.25) is 0 Å². The van der Waals surface area contributed by atoms with E-state index in [0.29, 0.717) is 0 Å². The zero-order valence-corrected chi connectivity index (χ0v) is 14.2. The number of nitrogens with zero attached hydrogens (tertiary/aromatic N) is 1. The van der Waals surface area contributed by atoms with Gasteiger partial charge in [-0.1, -0.05) is 0 Å². The molecule has 2 saturated heterocycles. The first kappa shape index (κ1) is 19.1. The molecular formula is C15H19NO9. The van der Waals surface area contributed by atoms with E-state index in [4.69, 9.17) is 28.4 Å². The molecule has 0 bridgehead atoms. The molecule has 2 fully saturated rings. The van der Waals surface area contributed by atoms with Crippen molar-refractivity contribution >= 4 is 17.9 Å². The molecule has 2 aliphatic rings. The van der Waals surface area contributed by atoms with E-state index in [1.54, 1.807) is 0 Å². The van der Waals surface area contributed by atoms with E-state index in [9.17, 15) is 19.6 Å². The highest BCUT2D eigenvalue weighted by Gasteiger charge is 2.59. The van der Waals surface area contributed by atoms with E-state index in [0.717, 1.165) is 0 Å². The number of esters is 3. The normalized spacial score (nSPS) is 36.7. The third-order valence-corrected chi connectivity index (χ3v) is 3.55. The van der Waals surface area contributed by atoms with Gasteiger partial charge in [0.1, 0.15) is 18.8 Å². The summed E-state index contributed by atoms with van der Waals surface area (Å²) in [5.41, 5.74) is 0. The lowest BCUT2D eigenvalue weighted by atomic mass is 9.98. The van der Waals surface area contributed by atoms with Crippen molar-refractivity contribution in [2.75, 3.05) is 6.61 Å². The molecule has 0 spiro atoms. The Bertz CT molecular complexity index is 600. The fourth-order valence-corrected chi connectivity index (χ4v) is 2.65. The van der Waals surface area contributed by atoms with Crippen LogP contribution in [0.1, 0.15) is 27.7 Å². The Morgan fingerprint density at radius 2 is 1.64 bits per heavy atom. The van der Waals surface area contributed by atoms with E-state index >= 15 is 0 Å². The van der Waals surface area contributed by atoms with Crippen LogP contribution in [0.2, 0.25) is 0 Å². The molecule has 0 aliphatic carbocycles. The maximum atomic E-state index is 11.5. The van der Waals surface area contributed by atoms with Crippen LogP contribution in [0.3, 0.4) is 0 Å². The van der Waals surface area contributed by atoms with Crippen molar-refractivity contribution in [2.45, 2.75) is 64.2 Å². The maximum Gasteiger partial charge on any atom is 0.303 e. The Hall–Kier alpha value is -2.22. The van der Waals surface area contributed by atoms with Gasteiger partial charge >= 0.3 is 17.9 Å². The first-order valence-electron chi connectivity index (χ1n) is 7.55. The first-order chi connectivity index (χ1) is 11.6. The van der Waals surface area contributed by atoms with Crippen LogP contribution >= 0.6 is 0 Å². The molecule has 10 nitrogen and oxygen atoms in total. The monoisotopic (exact) mass is 357 g/mol. The summed E-state index contributed by atoms with van der Waals surface area (Å²) in [6.07, 6.45) is -5.24. The fourth-order valence-electron chi connectivity index (χ4n) is 2.65. The number of fused-ring (bicyclic) bond motifs is 1. The lowest BCUT2D eigenvalue weighted by Crippen LogP contribution is -2.60. The predicted octanol–water partition coefficient (Wildman–Crippen LogP) is -0.207. The molecule has 138 valence electrons. The highest BCUT2D eigenvalue weighted by atomic mass is 16.8. The molecule has 0 aromatic rings. The molecule has 0 aromatic heterocycles. The Morgan fingerprint density at radius 1 is 1.04 bits per heavy atom. The summed E-state index contributed by atoms with van der Waals surface area (Å²) >= 11 is 0. The van der Waals surface area contributed by atoms with Crippen LogP contribution in [-0.4, -0.2) is 61.0 Å². The molecule has 0 unspecified atom stereocenters. The minimum Gasteiger partial charge on any atom is -0.463 e. The van der Waals surface area contributed by atoms with Crippen LogP contribution in [0, 0.1) is 11.3 Å². The summed E-state index contributed by atoms with van der Waals surface area (Å²) < 4.78 is 31.9. The topological polar surface area (TPSA) is 130 Å². The highest BCUT2D eigenvalue weighted by molar-refractivity contribution is 5.67. The summed E-state index contributed by atoms with van der Waals surface area (Å²) in [4.78, 5) is 34.0. The summed E-state index contributed by atoms with van der Waals surface area (Å²) in [6.45, 7) is 4.67. The van der Waals surface area contributed by atoms with Crippen molar-refractivity contribution in [1.29, 1.82) is 5.26 Å². The third-order valence-electron chi connectivity index (χ3n) is 3.55. The van der Waals surface area contributed by atoms with Crippen molar-refractivity contribution in [3.05, 3.63) is 0 Å². The van der Waals surface area contributed by atoms with Gasteiger partial charge in [0.25, 0.3) is 5.79 Å². The number of ether oxygens (including phenoxy) is 6. The number of hydrogen-bond donors (Lipinski definition) is 0. The van der Waals surface area contributed by atoms with Crippen molar-refractivity contribution in [2.24, 2.45) is 0 Å². The number of nitriles is 1. The molecule has 6 atom stereocenters. The average molecular weight is 357 g/mol. The summed E-state index contributed by atoms with van der Waals surface area (Å²) in [7, 11) is 0. The Kier molecular flexibility index (Phi) is 5.62. The molecule has 2 aliphatic heterocycles. The summed E-state index contributed by atoms with van der Waals surface area (Å²) in [5, 5.41) is 9.18. The minimum absolute atomic E-state index is 0.263. The zero-order chi connectivity index (χ0) is 18.8. The molecule has 0 saturated carbocycles. The van der Waals surface area contributed by atoms with Gasteiger partial charge in [0.05, 0.1) is 0 Å². The van der Waals surface area contributed by atoms with Gasteiger partial charge < -0.3 is 28.4 Å². The van der Waals surface area contributed by atoms with Crippen molar-refractivity contribution in [1.82, 2.24) is 0 Å². The second-order valence-corrected chi connectivity index (χ2v) is 5.75. The van der Waals surface area contributed by atoms with Crippen LogP contribution in [0.4, 0.5) is 0 Å². The Balaban J connectivity index is 2.31. The first-order valence-corrected chi connectivity index (χ1v) is 7.55. The predicted molar refractivity (Wildman–Crippen MR) is 76.4 cm³/mol. The van der Waals surface area contributed by atoms with Gasteiger partial charge in [0, 0.05) is 27.7 Å². The molecule has 10 heteroatoms. The molecule has 2 heterocycles. The second-order valence-electron chi connectivity index (χ2n) is 5.75. The Morgan fingerprint density at radius 3 is 2.16 bits per heavy atom. The van der Waals surface area contributed by atoms with Gasteiger partial charge in [-0.2, -0.15) is 5.26 Å². The van der Waals surface area contributed by atoms with E-state index in [2.05, 4.69) is 0 Å². The smallest absolute Gasteiger partial charge is 0.303 e. The number of hydrogen-bond acceptors (Lipinski definition) is 10. The van der Waals surface area contributed by atoms with E-state index in [1.165, 1.54) is 27.7 Å². The standard InChI is InChI=1S/C15H19NO9/c1-7(17)20-5-10-11(21-8(2)18)12(22-9(3)19)13-14(23-10)25-15(4,6-16)24-13/h10-14H,5H2,1-4H3/t10-,11+,12+,13-,14-,15-/m1/s1. The molecular weight excluding hydrogens is 338 g/mol. The lowest BCUT2D eigenvalue weighted by molar-refractivity contribution is -0.265. The van der Waals surface area contributed by atoms with Crippen LogP contribution in [0.25, 0.3) is 0 Å². The minimum atomic E-state index is -1.62. The molecule has 0 aromatic carbocycles. The van der Waals surface area contributed by atoms with Gasteiger partial charge in [-0.05, 0) is 0 Å². The van der Waals surface area contributed by atoms with Crippen LogP contribution in [0.15, 0.2) is 0 Å². The van der Waals surface area contributed by atoms with Gasteiger partial charge in [-0.15, -0.1) is 0 Å². The number of carbonyl (C=O) groups excluding carboxylic acids is 3. The number of carbonyl (C=O) groups is 3. The maximum absolute atomic E-state index is 11.5. The quantitative estimate of drug-likeness (QED) is 0.492. The SMILES string of the molecule is CC(=O)OC[C@H]1O[C@@H]2O[C@](C)(C#N)O[C@@H]2[C@@H](OC(C)=O)[C@H]1OC(C)=O. The van der Waals surface area contributed by atoms with E-state index < -0.39 is 54.4 Å².